The molecule has 0 radical (unpaired) electrons. The highest BCUT2D eigenvalue weighted by molar-refractivity contribution is 7.54. The first kappa shape index (κ1) is 19.2. The minimum atomic E-state index is -3.73. The third kappa shape index (κ3) is 5.73. The lowest BCUT2D eigenvalue weighted by molar-refractivity contribution is -0.143. The second-order valence-electron chi connectivity index (χ2n) is 5.23. The Bertz CT molecular complexity index is 504. The number of esters is 1. The van der Waals surface area contributed by atoms with Gasteiger partial charge in [0.1, 0.15) is 5.88 Å². The Balaban J connectivity index is 3.24. The van der Waals surface area contributed by atoms with Gasteiger partial charge in [0.2, 0.25) is 5.85 Å². The van der Waals surface area contributed by atoms with Crippen LogP contribution in [0.4, 0.5) is 0 Å². The van der Waals surface area contributed by atoms with E-state index in [4.69, 9.17) is 25.4 Å². The molecule has 0 spiro atoms. The summed E-state index contributed by atoms with van der Waals surface area (Å²) in [5, 5.41) is 0. The molecule has 0 amide bonds. The highest BCUT2D eigenvalue weighted by atomic mass is 35.5. The number of hydrogen-bond acceptors (Lipinski definition) is 5. The van der Waals surface area contributed by atoms with Gasteiger partial charge in [-0.05, 0) is 27.7 Å². The number of carbonyl (C=O) groups excluding carboxylic acids is 1. The van der Waals surface area contributed by atoms with Crippen LogP contribution in [0, 0.1) is 0 Å². The van der Waals surface area contributed by atoms with E-state index in [2.05, 4.69) is 0 Å². The number of halogens is 1. The maximum Gasteiger partial charge on any atom is 0.376 e. The molecule has 22 heavy (non-hydrogen) atoms. The van der Waals surface area contributed by atoms with E-state index < -0.39 is 19.4 Å². The second-order valence-corrected chi connectivity index (χ2v) is 7.47. The van der Waals surface area contributed by atoms with Crippen LogP contribution in [0.3, 0.4) is 0 Å². The summed E-state index contributed by atoms with van der Waals surface area (Å²) in [4.78, 5) is 11.6. The Morgan fingerprint density at radius 3 is 2.00 bits per heavy atom. The Morgan fingerprint density at radius 2 is 1.59 bits per heavy atom. The lowest BCUT2D eigenvalue weighted by atomic mass is 10.2. The Kier molecular flexibility index (Phi) is 7.57. The number of benzene rings is 1. The van der Waals surface area contributed by atoms with Crippen LogP contribution in [0.2, 0.25) is 0 Å². The van der Waals surface area contributed by atoms with Crippen LogP contribution in [0.15, 0.2) is 30.3 Å². The van der Waals surface area contributed by atoms with Gasteiger partial charge in [0.25, 0.3) is 0 Å². The first-order valence-corrected chi connectivity index (χ1v) is 9.20. The van der Waals surface area contributed by atoms with Crippen LogP contribution in [-0.4, -0.2) is 24.1 Å². The second kappa shape index (κ2) is 8.68. The molecule has 1 aromatic carbocycles. The van der Waals surface area contributed by atoms with Gasteiger partial charge < -0.3 is 13.8 Å². The zero-order valence-corrected chi connectivity index (χ0v) is 14.8. The van der Waals surface area contributed by atoms with Crippen LogP contribution in [0.25, 0.3) is 0 Å². The first-order valence-electron chi connectivity index (χ1n) is 7.05. The first-order chi connectivity index (χ1) is 10.3. The smallest absolute Gasteiger partial charge is 0.376 e. The molecule has 0 aliphatic rings. The van der Waals surface area contributed by atoms with Crippen molar-refractivity contribution >= 4 is 25.2 Å². The fraction of sp³-hybridized carbons (Fsp3) is 0.533. The molecule has 1 aromatic rings. The zero-order chi connectivity index (χ0) is 16.8. The lowest BCUT2D eigenvalue weighted by Crippen LogP contribution is -2.19. The zero-order valence-electron chi connectivity index (χ0n) is 13.2. The minimum absolute atomic E-state index is 0.341. The van der Waals surface area contributed by atoms with E-state index in [1.807, 2.05) is 6.07 Å². The molecule has 0 N–H and O–H groups in total. The number of carbonyl (C=O) groups is 1. The predicted octanol–water partition coefficient (Wildman–Crippen LogP) is 4.51. The summed E-state index contributed by atoms with van der Waals surface area (Å²) in [6.45, 7) is 6.95. The molecule has 0 saturated carbocycles. The van der Waals surface area contributed by atoms with E-state index in [9.17, 15) is 9.36 Å². The molecule has 124 valence electrons. The molecule has 1 unspecified atom stereocenters. The third-order valence-corrected chi connectivity index (χ3v) is 5.07. The summed E-state index contributed by atoms with van der Waals surface area (Å²) in [5.74, 6) is -2.17. The highest BCUT2D eigenvalue weighted by Gasteiger charge is 2.42. The fourth-order valence-corrected chi connectivity index (χ4v) is 4.11. The summed E-state index contributed by atoms with van der Waals surface area (Å²) in [5.41, 5.74) is 0.533. The molecule has 5 nitrogen and oxygen atoms in total. The molecule has 0 saturated heterocycles. The quantitative estimate of drug-likeness (QED) is 0.393. The van der Waals surface area contributed by atoms with Crippen LogP contribution < -0.4 is 0 Å². The monoisotopic (exact) mass is 348 g/mol. The summed E-state index contributed by atoms with van der Waals surface area (Å²) in [6, 6.07) is 8.72. The predicted molar refractivity (Wildman–Crippen MR) is 86.0 cm³/mol. The van der Waals surface area contributed by atoms with Crippen molar-refractivity contribution in [3.05, 3.63) is 35.9 Å². The molecular formula is C15H22ClO5P. The van der Waals surface area contributed by atoms with Crippen molar-refractivity contribution in [3.63, 3.8) is 0 Å². The molecule has 0 heterocycles. The molecule has 0 bridgehead atoms. The Hall–Kier alpha value is -0.870. The summed E-state index contributed by atoms with van der Waals surface area (Å²) >= 11 is 5.50. The highest BCUT2D eigenvalue weighted by Crippen LogP contribution is 2.63. The average molecular weight is 349 g/mol. The number of hydrogen-bond donors (Lipinski definition) is 0. The summed E-state index contributed by atoms with van der Waals surface area (Å²) < 4.78 is 29.5. The van der Waals surface area contributed by atoms with Crippen LogP contribution in [0.1, 0.15) is 39.1 Å². The Morgan fingerprint density at radius 1 is 1.09 bits per heavy atom. The molecule has 0 aliphatic heterocycles. The largest absolute Gasteiger partial charge is 0.443 e. The van der Waals surface area contributed by atoms with Gasteiger partial charge in [-0.15, -0.1) is 11.6 Å². The summed E-state index contributed by atoms with van der Waals surface area (Å²) in [7, 11) is -3.73. The fourth-order valence-electron chi connectivity index (χ4n) is 1.81. The molecule has 1 rings (SSSR count). The van der Waals surface area contributed by atoms with Gasteiger partial charge in [-0.2, -0.15) is 0 Å². The van der Waals surface area contributed by atoms with E-state index in [0.29, 0.717) is 5.56 Å². The molecule has 0 aromatic heterocycles. The average Bonchev–Trinajstić information content (AvgIpc) is 2.43. The van der Waals surface area contributed by atoms with Crippen LogP contribution in [0.5, 0.6) is 0 Å². The van der Waals surface area contributed by atoms with Gasteiger partial charge in [-0.25, -0.2) is 0 Å². The molecular weight excluding hydrogens is 327 g/mol. The van der Waals surface area contributed by atoms with Crippen LogP contribution >= 0.6 is 19.2 Å². The van der Waals surface area contributed by atoms with Gasteiger partial charge >= 0.3 is 13.6 Å². The lowest BCUT2D eigenvalue weighted by Gasteiger charge is -2.29. The van der Waals surface area contributed by atoms with Crippen molar-refractivity contribution in [2.75, 3.05) is 5.88 Å². The van der Waals surface area contributed by atoms with E-state index in [-0.39, 0.29) is 18.1 Å². The van der Waals surface area contributed by atoms with Crippen LogP contribution in [-0.2, 0) is 23.1 Å². The van der Waals surface area contributed by atoms with Crippen molar-refractivity contribution in [2.24, 2.45) is 0 Å². The molecule has 0 fully saturated rings. The van der Waals surface area contributed by atoms with Crippen molar-refractivity contribution < 1.29 is 23.1 Å². The van der Waals surface area contributed by atoms with Crippen molar-refractivity contribution in [1.82, 2.24) is 0 Å². The topological polar surface area (TPSA) is 61.8 Å². The molecule has 1 atom stereocenters. The number of ether oxygens (including phenoxy) is 1. The van der Waals surface area contributed by atoms with E-state index >= 15 is 0 Å². The maximum absolute atomic E-state index is 13.2. The van der Waals surface area contributed by atoms with Gasteiger partial charge in [-0.3, -0.25) is 9.36 Å². The normalized spacial score (nSPS) is 13.4. The molecule has 7 heteroatoms. The Labute approximate surface area is 136 Å². The van der Waals surface area contributed by atoms with Gasteiger partial charge in [0.05, 0.1) is 12.2 Å². The van der Waals surface area contributed by atoms with Gasteiger partial charge in [0, 0.05) is 5.56 Å². The third-order valence-electron chi connectivity index (χ3n) is 2.44. The summed E-state index contributed by atoms with van der Waals surface area (Å²) in [6.07, 6.45) is -0.712. The van der Waals surface area contributed by atoms with Crippen molar-refractivity contribution in [1.29, 1.82) is 0 Å². The molecule has 0 aliphatic carbocycles. The minimum Gasteiger partial charge on any atom is -0.443 e. The van der Waals surface area contributed by atoms with Gasteiger partial charge in [-0.1, -0.05) is 30.3 Å². The van der Waals surface area contributed by atoms with Crippen molar-refractivity contribution in [2.45, 2.75) is 45.7 Å². The maximum atomic E-state index is 13.2. The van der Waals surface area contributed by atoms with Crippen molar-refractivity contribution in [3.8, 4) is 0 Å². The van der Waals surface area contributed by atoms with E-state index in [1.54, 1.807) is 52.0 Å². The van der Waals surface area contributed by atoms with E-state index in [1.165, 1.54) is 0 Å². The SMILES string of the molecule is CC(C)OP(=O)(OC(C)C)C(OC(=O)CCl)c1ccccc1. The number of alkyl halides is 1. The number of rotatable bonds is 8. The standard InChI is InChI=1S/C15H22ClO5P/c1-11(2)20-22(18,21-12(3)4)15(19-14(17)10-16)13-8-6-5-7-9-13/h5-9,11-12,15H,10H2,1-4H3. The van der Waals surface area contributed by atoms with Gasteiger partial charge in [0.15, 0.2) is 0 Å². The van der Waals surface area contributed by atoms with E-state index in [0.717, 1.165) is 0 Å².